The lowest BCUT2D eigenvalue weighted by atomic mass is 9.75. The van der Waals surface area contributed by atoms with E-state index in [2.05, 4.69) is 20.6 Å². The van der Waals surface area contributed by atoms with Crippen LogP contribution in [-0.4, -0.2) is 53.4 Å². The molecule has 7 nitrogen and oxygen atoms in total. The van der Waals surface area contributed by atoms with Crippen molar-refractivity contribution < 1.29 is 14.0 Å². The van der Waals surface area contributed by atoms with Gasteiger partial charge in [-0.05, 0) is 49.2 Å². The van der Waals surface area contributed by atoms with E-state index in [9.17, 15) is 14.0 Å². The number of rotatable bonds is 7. The molecule has 33 heavy (non-hydrogen) atoms. The van der Waals surface area contributed by atoms with Crippen LogP contribution in [0.3, 0.4) is 0 Å². The van der Waals surface area contributed by atoms with E-state index in [1.54, 1.807) is 31.6 Å². The monoisotopic (exact) mass is 467 g/mol. The number of nitrogens with one attached hydrogen (secondary N) is 2. The molecule has 2 N–H and O–H groups in total. The molecule has 2 amide bonds. The van der Waals surface area contributed by atoms with Crippen LogP contribution in [0.25, 0.3) is 0 Å². The van der Waals surface area contributed by atoms with Gasteiger partial charge in [-0.3, -0.25) is 19.5 Å². The molecule has 172 valence electrons. The molecule has 1 aliphatic heterocycles. The number of amides is 2. The van der Waals surface area contributed by atoms with Gasteiger partial charge in [-0.1, -0.05) is 18.2 Å². The van der Waals surface area contributed by atoms with Crippen LogP contribution in [0.4, 0.5) is 9.52 Å². The molecule has 3 heterocycles. The maximum atomic E-state index is 13.1. The minimum absolute atomic E-state index is 0.0864. The Hall–Kier alpha value is -3.17. The first-order chi connectivity index (χ1) is 16.0. The molecule has 9 heteroatoms. The van der Waals surface area contributed by atoms with Crippen molar-refractivity contribution in [3.05, 3.63) is 76.8 Å². The second-order valence-corrected chi connectivity index (χ2v) is 9.29. The molecule has 0 unspecified atom stereocenters. The van der Waals surface area contributed by atoms with Gasteiger partial charge in [0.05, 0.1) is 12.2 Å². The van der Waals surface area contributed by atoms with Crippen LogP contribution in [-0.2, 0) is 21.4 Å². The molecule has 0 bridgehead atoms. The highest BCUT2D eigenvalue weighted by molar-refractivity contribution is 7.15. The van der Waals surface area contributed by atoms with Crippen LogP contribution < -0.4 is 10.6 Å². The normalized spacial score (nSPS) is 18.6. The second-order valence-electron chi connectivity index (χ2n) is 8.17. The SMILES string of the molecule is CNC(=O)[C@@]1(c2ccccn2)CCCN(CC(=O)Nc2ncc(Cc3ccc(F)cc3)s2)C1. The third kappa shape index (κ3) is 5.43. The summed E-state index contributed by atoms with van der Waals surface area (Å²) in [6.07, 6.45) is 5.51. The van der Waals surface area contributed by atoms with E-state index in [1.165, 1.54) is 23.5 Å². The lowest BCUT2D eigenvalue weighted by molar-refractivity contribution is -0.130. The molecular weight excluding hydrogens is 441 g/mol. The van der Waals surface area contributed by atoms with E-state index in [0.29, 0.717) is 24.5 Å². The van der Waals surface area contributed by atoms with Gasteiger partial charge in [-0.25, -0.2) is 9.37 Å². The minimum atomic E-state index is -0.780. The maximum absolute atomic E-state index is 13.1. The molecule has 1 aliphatic rings. The van der Waals surface area contributed by atoms with Crippen molar-refractivity contribution in [2.45, 2.75) is 24.7 Å². The Balaban J connectivity index is 1.39. The summed E-state index contributed by atoms with van der Waals surface area (Å²) in [6, 6.07) is 11.9. The zero-order valence-corrected chi connectivity index (χ0v) is 19.2. The number of thiazole rings is 1. The lowest BCUT2D eigenvalue weighted by Crippen LogP contribution is -2.55. The van der Waals surface area contributed by atoms with Crippen molar-refractivity contribution in [2.24, 2.45) is 0 Å². The maximum Gasteiger partial charge on any atom is 0.240 e. The number of pyridine rings is 1. The Bertz CT molecular complexity index is 1110. The first-order valence-corrected chi connectivity index (χ1v) is 11.7. The molecular formula is C24H26FN5O2S. The predicted molar refractivity (Wildman–Crippen MR) is 126 cm³/mol. The summed E-state index contributed by atoms with van der Waals surface area (Å²) in [7, 11) is 1.63. The third-order valence-corrected chi connectivity index (χ3v) is 6.76. The number of hydrogen-bond donors (Lipinski definition) is 2. The molecule has 3 aromatic rings. The van der Waals surface area contributed by atoms with Crippen molar-refractivity contribution in [3.63, 3.8) is 0 Å². The predicted octanol–water partition coefficient (Wildman–Crippen LogP) is 2.99. The number of piperidine rings is 1. The average molecular weight is 468 g/mol. The Morgan fingerprint density at radius 2 is 2.00 bits per heavy atom. The van der Waals surface area contributed by atoms with E-state index in [0.717, 1.165) is 29.1 Å². The average Bonchev–Trinajstić information content (AvgIpc) is 3.27. The van der Waals surface area contributed by atoms with Crippen LogP contribution in [0.5, 0.6) is 0 Å². The fourth-order valence-electron chi connectivity index (χ4n) is 4.29. The smallest absolute Gasteiger partial charge is 0.240 e. The number of benzene rings is 1. The van der Waals surface area contributed by atoms with Crippen molar-refractivity contribution in [1.29, 1.82) is 0 Å². The molecule has 1 fully saturated rings. The highest BCUT2D eigenvalue weighted by atomic mass is 32.1. The first kappa shape index (κ1) is 23.0. The Morgan fingerprint density at radius 1 is 1.18 bits per heavy atom. The number of carbonyl (C=O) groups excluding carboxylic acids is 2. The summed E-state index contributed by atoms with van der Waals surface area (Å²) in [4.78, 5) is 37.3. The first-order valence-electron chi connectivity index (χ1n) is 10.8. The fourth-order valence-corrected chi connectivity index (χ4v) is 5.15. The van der Waals surface area contributed by atoms with Gasteiger partial charge in [0, 0.05) is 37.3 Å². The van der Waals surface area contributed by atoms with Gasteiger partial charge in [-0.15, -0.1) is 11.3 Å². The molecule has 0 aliphatic carbocycles. The van der Waals surface area contributed by atoms with E-state index in [1.807, 2.05) is 23.1 Å². The van der Waals surface area contributed by atoms with Crippen molar-refractivity contribution in [3.8, 4) is 0 Å². The summed E-state index contributed by atoms with van der Waals surface area (Å²) in [5, 5.41) is 6.17. The number of hydrogen-bond acceptors (Lipinski definition) is 6. The molecule has 0 saturated carbocycles. The zero-order valence-electron chi connectivity index (χ0n) is 18.4. The number of nitrogens with zero attached hydrogens (tertiary/aromatic N) is 3. The highest BCUT2D eigenvalue weighted by Gasteiger charge is 2.44. The number of halogens is 1. The van der Waals surface area contributed by atoms with E-state index in [4.69, 9.17) is 0 Å². The van der Waals surface area contributed by atoms with E-state index >= 15 is 0 Å². The minimum Gasteiger partial charge on any atom is -0.358 e. The fraction of sp³-hybridized carbons (Fsp3) is 0.333. The van der Waals surface area contributed by atoms with Gasteiger partial charge < -0.3 is 10.6 Å². The van der Waals surface area contributed by atoms with Gasteiger partial charge in [0.15, 0.2) is 5.13 Å². The Kier molecular flexibility index (Phi) is 7.10. The number of carbonyl (C=O) groups is 2. The Labute approximate surface area is 196 Å². The van der Waals surface area contributed by atoms with Crippen molar-refractivity contribution in [2.75, 3.05) is 32.0 Å². The number of likely N-dealkylation sites (N-methyl/N-ethyl adjacent to an activating group) is 1. The van der Waals surface area contributed by atoms with Crippen LogP contribution >= 0.6 is 11.3 Å². The number of likely N-dealkylation sites (tertiary alicyclic amines) is 1. The standard InChI is InChI=1S/C24H26FN5O2S/c1-26-22(32)24(20-5-2-3-11-27-20)10-4-12-30(16-24)15-21(31)29-23-28-14-19(33-23)13-17-6-8-18(25)9-7-17/h2-3,5-9,11,14H,4,10,12-13,15-16H2,1H3,(H,26,32)(H,28,29,31)/t24-/m0/s1. The van der Waals surface area contributed by atoms with Crippen LogP contribution in [0.1, 0.15) is 29.0 Å². The molecule has 1 atom stereocenters. The number of aromatic nitrogens is 2. The van der Waals surface area contributed by atoms with Gasteiger partial charge >= 0.3 is 0 Å². The summed E-state index contributed by atoms with van der Waals surface area (Å²) in [5.74, 6) is -0.528. The lowest BCUT2D eigenvalue weighted by Gasteiger charge is -2.40. The molecule has 0 spiro atoms. The summed E-state index contributed by atoms with van der Waals surface area (Å²) < 4.78 is 13.1. The molecule has 1 aromatic carbocycles. The quantitative estimate of drug-likeness (QED) is 0.558. The molecule has 1 saturated heterocycles. The van der Waals surface area contributed by atoms with Gasteiger partial charge in [-0.2, -0.15) is 0 Å². The van der Waals surface area contributed by atoms with Gasteiger partial charge in [0.1, 0.15) is 11.2 Å². The molecule has 4 rings (SSSR count). The molecule has 0 radical (unpaired) electrons. The molecule has 2 aromatic heterocycles. The zero-order chi connectivity index (χ0) is 23.3. The summed E-state index contributed by atoms with van der Waals surface area (Å²) in [6.45, 7) is 1.32. The largest absolute Gasteiger partial charge is 0.358 e. The highest BCUT2D eigenvalue weighted by Crippen LogP contribution is 2.33. The van der Waals surface area contributed by atoms with Crippen molar-refractivity contribution in [1.82, 2.24) is 20.2 Å². The van der Waals surface area contributed by atoms with E-state index in [-0.39, 0.29) is 24.2 Å². The van der Waals surface area contributed by atoms with Gasteiger partial charge in [0.25, 0.3) is 0 Å². The topological polar surface area (TPSA) is 87.2 Å². The van der Waals surface area contributed by atoms with Crippen LogP contribution in [0, 0.1) is 5.82 Å². The van der Waals surface area contributed by atoms with E-state index < -0.39 is 5.41 Å². The van der Waals surface area contributed by atoms with Gasteiger partial charge in [0.2, 0.25) is 11.8 Å². The third-order valence-electron chi connectivity index (χ3n) is 5.85. The van der Waals surface area contributed by atoms with Crippen LogP contribution in [0.2, 0.25) is 0 Å². The second kappa shape index (κ2) is 10.2. The van der Waals surface area contributed by atoms with Crippen LogP contribution in [0.15, 0.2) is 54.9 Å². The Morgan fingerprint density at radius 3 is 2.73 bits per heavy atom. The number of anilines is 1. The summed E-state index contributed by atoms with van der Waals surface area (Å²) in [5.41, 5.74) is 0.920. The van der Waals surface area contributed by atoms with Crippen molar-refractivity contribution >= 4 is 28.3 Å². The summed E-state index contributed by atoms with van der Waals surface area (Å²) >= 11 is 1.40.